The fourth-order valence-corrected chi connectivity index (χ4v) is 1.73. The number of hydrogen-bond acceptors (Lipinski definition) is 2. The number of imidazole rings is 1. The van der Waals surface area contributed by atoms with Crippen molar-refractivity contribution in [3.05, 3.63) is 22.9 Å². The number of nitrogens with two attached hydrogens (primary N) is 1. The maximum atomic E-state index is 11.6. The molecule has 0 radical (unpaired) electrons. The Bertz CT molecular complexity index is 362. The molecule has 2 N–H and O–H groups in total. The Hall–Kier alpha value is -1.03. The lowest BCUT2D eigenvalue weighted by Crippen LogP contribution is -2.33. The third-order valence-electron chi connectivity index (χ3n) is 2.89. The zero-order valence-corrected chi connectivity index (χ0v) is 8.52. The Labute approximate surface area is 83.3 Å². The van der Waals surface area contributed by atoms with Crippen LogP contribution in [0.2, 0.25) is 0 Å². The largest absolute Gasteiger partial charge is 0.328 e. The highest BCUT2D eigenvalue weighted by atomic mass is 16.1. The quantitative estimate of drug-likeness (QED) is 0.756. The molecule has 4 heteroatoms. The molecule has 0 spiro atoms. The summed E-state index contributed by atoms with van der Waals surface area (Å²) in [5.74, 6) is 0.645. The molecule has 1 fully saturated rings. The van der Waals surface area contributed by atoms with Crippen LogP contribution in [0.25, 0.3) is 0 Å². The highest BCUT2D eigenvalue weighted by Crippen LogP contribution is 2.31. The molecule has 0 bridgehead atoms. The fourth-order valence-electron chi connectivity index (χ4n) is 1.73. The van der Waals surface area contributed by atoms with E-state index in [0.29, 0.717) is 12.5 Å². The van der Waals surface area contributed by atoms with Gasteiger partial charge in [-0.25, -0.2) is 4.79 Å². The first-order chi connectivity index (χ1) is 6.72. The number of nitrogens with zero attached hydrogens (tertiary/aromatic N) is 2. The van der Waals surface area contributed by atoms with Gasteiger partial charge >= 0.3 is 5.69 Å². The molecule has 1 aliphatic carbocycles. The third-order valence-corrected chi connectivity index (χ3v) is 2.89. The average molecular weight is 195 g/mol. The minimum atomic E-state index is 0.0589. The first-order valence-electron chi connectivity index (χ1n) is 5.23. The number of aryl methyl sites for hydroxylation is 1. The van der Waals surface area contributed by atoms with E-state index >= 15 is 0 Å². The Kier molecular flexibility index (Phi) is 2.46. The molecular formula is C10H17N3O. The van der Waals surface area contributed by atoms with Crippen LogP contribution in [0, 0.1) is 5.92 Å². The zero-order chi connectivity index (χ0) is 10.1. The minimum absolute atomic E-state index is 0.0589. The summed E-state index contributed by atoms with van der Waals surface area (Å²) in [6.45, 7) is 3.35. The van der Waals surface area contributed by atoms with Gasteiger partial charge in [-0.3, -0.25) is 9.13 Å². The molecule has 0 aromatic carbocycles. The minimum Gasteiger partial charge on any atom is -0.326 e. The van der Waals surface area contributed by atoms with Crippen LogP contribution in [-0.4, -0.2) is 15.2 Å². The summed E-state index contributed by atoms with van der Waals surface area (Å²) in [4.78, 5) is 11.6. The van der Waals surface area contributed by atoms with Crippen LogP contribution < -0.4 is 11.4 Å². The monoisotopic (exact) mass is 195 g/mol. The van der Waals surface area contributed by atoms with Crippen LogP contribution in [0.5, 0.6) is 0 Å². The second-order valence-electron chi connectivity index (χ2n) is 4.02. The smallest absolute Gasteiger partial charge is 0.326 e. The van der Waals surface area contributed by atoms with Crippen LogP contribution >= 0.6 is 0 Å². The Morgan fingerprint density at radius 2 is 2.14 bits per heavy atom. The van der Waals surface area contributed by atoms with Crippen molar-refractivity contribution >= 4 is 0 Å². The molecule has 4 nitrogen and oxygen atoms in total. The fraction of sp³-hybridized carbons (Fsp3) is 0.700. The molecule has 0 saturated heterocycles. The molecule has 0 aliphatic heterocycles. The summed E-state index contributed by atoms with van der Waals surface area (Å²) in [6, 6.07) is 0.153. The molecule has 1 unspecified atom stereocenters. The summed E-state index contributed by atoms with van der Waals surface area (Å²) in [5.41, 5.74) is 6.02. The SMILES string of the molecule is CCn1ccn(CC(N)C2CC2)c1=O. The molecule has 2 rings (SSSR count). The van der Waals surface area contributed by atoms with Crippen molar-refractivity contribution in [2.75, 3.05) is 0 Å². The van der Waals surface area contributed by atoms with Gasteiger partial charge in [0.2, 0.25) is 0 Å². The van der Waals surface area contributed by atoms with Gasteiger partial charge in [-0.15, -0.1) is 0 Å². The summed E-state index contributed by atoms with van der Waals surface area (Å²) in [5, 5.41) is 0. The summed E-state index contributed by atoms with van der Waals surface area (Å²) >= 11 is 0. The molecule has 0 amide bonds. The van der Waals surface area contributed by atoms with E-state index in [1.54, 1.807) is 9.13 Å². The zero-order valence-electron chi connectivity index (χ0n) is 8.52. The van der Waals surface area contributed by atoms with Crippen LogP contribution in [0.3, 0.4) is 0 Å². The van der Waals surface area contributed by atoms with Gasteiger partial charge in [0, 0.05) is 31.5 Å². The van der Waals surface area contributed by atoms with E-state index < -0.39 is 0 Å². The standard InChI is InChI=1S/C10H17N3O/c1-2-12-5-6-13(10(12)14)7-9(11)8-3-4-8/h5-6,8-9H,2-4,7,11H2,1H3. The molecule has 1 atom stereocenters. The van der Waals surface area contributed by atoms with E-state index in [9.17, 15) is 4.79 Å². The maximum Gasteiger partial charge on any atom is 0.328 e. The van der Waals surface area contributed by atoms with Gasteiger partial charge in [-0.05, 0) is 25.7 Å². The van der Waals surface area contributed by atoms with Gasteiger partial charge in [0.15, 0.2) is 0 Å². The molecule has 1 aromatic rings. The van der Waals surface area contributed by atoms with Crippen LogP contribution in [0.15, 0.2) is 17.2 Å². The maximum absolute atomic E-state index is 11.6. The highest BCUT2D eigenvalue weighted by molar-refractivity contribution is 4.88. The summed E-state index contributed by atoms with van der Waals surface area (Å²) < 4.78 is 3.41. The Morgan fingerprint density at radius 1 is 1.50 bits per heavy atom. The number of rotatable bonds is 4. The number of hydrogen-bond donors (Lipinski definition) is 1. The lowest BCUT2D eigenvalue weighted by Gasteiger charge is -2.09. The van der Waals surface area contributed by atoms with Crippen LogP contribution in [0.4, 0.5) is 0 Å². The second kappa shape index (κ2) is 3.61. The number of aromatic nitrogens is 2. The molecule has 1 aliphatic rings. The molecule has 1 saturated carbocycles. The van der Waals surface area contributed by atoms with E-state index in [1.807, 2.05) is 19.3 Å². The summed E-state index contributed by atoms with van der Waals surface area (Å²) in [7, 11) is 0. The second-order valence-corrected chi connectivity index (χ2v) is 4.02. The van der Waals surface area contributed by atoms with Crippen molar-refractivity contribution in [1.82, 2.24) is 9.13 Å². The lowest BCUT2D eigenvalue weighted by atomic mass is 10.2. The van der Waals surface area contributed by atoms with Gasteiger partial charge in [-0.1, -0.05) is 0 Å². The van der Waals surface area contributed by atoms with Crippen molar-refractivity contribution in [3.63, 3.8) is 0 Å². The van der Waals surface area contributed by atoms with Gasteiger partial charge in [-0.2, -0.15) is 0 Å². The van der Waals surface area contributed by atoms with Crippen molar-refractivity contribution in [3.8, 4) is 0 Å². The average Bonchev–Trinajstić information content (AvgIpc) is 2.95. The predicted octanol–water partition coefficient (Wildman–Crippen LogP) is 0.407. The topological polar surface area (TPSA) is 52.9 Å². The Morgan fingerprint density at radius 3 is 2.64 bits per heavy atom. The van der Waals surface area contributed by atoms with E-state index in [4.69, 9.17) is 5.73 Å². The summed E-state index contributed by atoms with van der Waals surface area (Å²) in [6.07, 6.45) is 6.10. The lowest BCUT2D eigenvalue weighted by molar-refractivity contribution is 0.487. The van der Waals surface area contributed by atoms with E-state index in [1.165, 1.54) is 12.8 Å². The van der Waals surface area contributed by atoms with Crippen LogP contribution in [0.1, 0.15) is 19.8 Å². The van der Waals surface area contributed by atoms with Crippen molar-refractivity contribution in [2.24, 2.45) is 11.7 Å². The molecule has 78 valence electrons. The van der Waals surface area contributed by atoms with E-state index in [2.05, 4.69) is 0 Å². The Balaban J connectivity index is 2.08. The van der Waals surface area contributed by atoms with Gasteiger partial charge in [0.1, 0.15) is 0 Å². The first kappa shape index (κ1) is 9.52. The van der Waals surface area contributed by atoms with Crippen molar-refractivity contribution in [1.29, 1.82) is 0 Å². The van der Waals surface area contributed by atoms with Gasteiger partial charge in [0.25, 0.3) is 0 Å². The third kappa shape index (κ3) is 1.75. The van der Waals surface area contributed by atoms with Gasteiger partial charge < -0.3 is 5.73 Å². The van der Waals surface area contributed by atoms with Gasteiger partial charge in [0.05, 0.1) is 0 Å². The molecular weight excluding hydrogens is 178 g/mol. The predicted molar refractivity (Wildman–Crippen MR) is 55.1 cm³/mol. The van der Waals surface area contributed by atoms with Crippen molar-refractivity contribution < 1.29 is 0 Å². The molecule has 1 heterocycles. The molecule has 1 aromatic heterocycles. The van der Waals surface area contributed by atoms with E-state index in [0.717, 1.165) is 6.54 Å². The molecule has 14 heavy (non-hydrogen) atoms. The van der Waals surface area contributed by atoms with Crippen LogP contribution in [-0.2, 0) is 13.1 Å². The normalized spacial score (nSPS) is 18.4. The highest BCUT2D eigenvalue weighted by Gasteiger charge is 2.28. The van der Waals surface area contributed by atoms with Crippen molar-refractivity contribution in [2.45, 2.75) is 38.9 Å². The first-order valence-corrected chi connectivity index (χ1v) is 5.23. The van der Waals surface area contributed by atoms with E-state index in [-0.39, 0.29) is 11.7 Å².